The van der Waals surface area contributed by atoms with E-state index in [9.17, 15) is 14.4 Å². The van der Waals surface area contributed by atoms with E-state index >= 15 is 0 Å². The first-order chi connectivity index (χ1) is 16.9. The minimum Gasteiger partial charge on any atom is -0.482 e. The number of likely N-dealkylation sites (tertiary alicyclic amines) is 1. The van der Waals surface area contributed by atoms with Crippen molar-refractivity contribution in [2.24, 2.45) is 5.41 Å². The molecule has 1 spiro atoms. The molecular weight excluding hydrogens is 466 g/mol. The Balaban J connectivity index is 1.20. The zero-order chi connectivity index (χ0) is 24.2. The summed E-state index contributed by atoms with van der Waals surface area (Å²) in [6, 6.07) is 5.34. The van der Waals surface area contributed by atoms with Gasteiger partial charge in [0, 0.05) is 11.4 Å². The standard InChI is InChI=1S/C25H27N5O4S/c1-30-8-6-25(7-9-30)5-4-15-18(11-25)35-24-20(15)22(32)28-21(29-24)23(33)26-12-14-2-3-17-16(10-14)27-19(31)13-34-17/h2-3,10H,4-9,11-13H2,1H3,(H,26,33)(H,27,31)(H,28,29,32). The maximum atomic E-state index is 13.0. The van der Waals surface area contributed by atoms with Crippen molar-refractivity contribution in [3.8, 4) is 5.75 Å². The summed E-state index contributed by atoms with van der Waals surface area (Å²) in [4.78, 5) is 48.9. The summed E-state index contributed by atoms with van der Waals surface area (Å²) in [6.45, 7) is 2.46. The molecular formula is C25H27N5O4S. The average Bonchev–Trinajstić information content (AvgIpc) is 3.22. The minimum atomic E-state index is -0.444. The number of hydrogen-bond donors (Lipinski definition) is 3. The van der Waals surface area contributed by atoms with E-state index in [0.29, 0.717) is 27.1 Å². The SMILES string of the molecule is CN1CCC2(CCc3c(sc4nc(C(=O)NCc5ccc6c(c5)NC(=O)CO6)[nH]c(=O)c34)C2)CC1. The molecule has 1 aromatic carbocycles. The Labute approximate surface area is 205 Å². The highest BCUT2D eigenvalue weighted by atomic mass is 32.1. The lowest BCUT2D eigenvalue weighted by atomic mass is 9.68. The Morgan fingerprint density at radius 1 is 1.26 bits per heavy atom. The van der Waals surface area contributed by atoms with Gasteiger partial charge in [-0.05, 0) is 80.9 Å². The maximum Gasteiger partial charge on any atom is 0.287 e. The van der Waals surface area contributed by atoms with Gasteiger partial charge in [-0.3, -0.25) is 14.4 Å². The Morgan fingerprint density at radius 3 is 2.91 bits per heavy atom. The Bertz CT molecular complexity index is 1400. The largest absolute Gasteiger partial charge is 0.482 e. The molecule has 2 amide bonds. The van der Waals surface area contributed by atoms with Crippen LogP contribution in [0.1, 0.15) is 45.9 Å². The van der Waals surface area contributed by atoms with Crippen molar-refractivity contribution in [1.82, 2.24) is 20.2 Å². The minimum absolute atomic E-state index is 0.00489. The zero-order valence-corrected chi connectivity index (χ0v) is 20.3. The zero-order valence-electron chi connectivity index (χ0n) is 19.5. The van der Waals surface area contributed by atoms with Crippen LogP contribution in [0.4, 0.5) is 5.69 Å². The van der Waals surface area contributed by atoms with Gasteiger partial charge in [0.05, 0.1) is 11.1 Å². The number of amides is 2. The number of ether oxygens (including phenoxy) is 1. The molecule has 0 unspecified atom stereocenters. The van der Waals surface area contributed by atoms with Crippen LogP contribution < -0.4 is 20.9 Å². The molecule has 0 atom stereocenters. The number of rotatable bonds is 3. The first-order valence-electron chi connectivity index (χ1n) is 12.0. The molecule has 2 aromatic heterocycles. The molecule has 10 heteroatoms. The summed E-state index contributed by atoms with van der Waals surface area (Å²) in [5.74, 6) is -0.0428. The fourth-order valence-corrected chi connectivity index (χ4v) is 6.86. The number of aryl methyl sites for hydroxylation is 1. The van der Waals surface area contributed by atoms with Crippen molar-refractivity contribution >= 4 is 39.1 Å². The van der Waals surface area contributed by atoms with Crippen LogP contribution in [0.5, 0.6) is 5.75 Å². The van der Waals surface area contributed by atoms with Crippen LogP contribution in [0.25, 0.3) is 10.2 Å². The molecule has 4 heterocycles. The van der Waals surface area contributed by atoms with Crippen molar-refractivity contribution < 1.29 is 14.3 Å². The van der Waals surface area contributed by atoms with Crippen molar-refractivity contribution in [1.29, 1.82) is 0 Å². The Kier molecular flexibility index (Phi) is 5.37. The number of anilines is 1. The van der Waals surface area contributed by atoms with Crippen molar-refractivity contribution in [3.05, 3.63) is 50.4 Å². The molecule has 0 radical (unpaired) electrons. The monoisotopic (exact) mass is 493 g/mol. The van der Waals surface area contributed by atoms with Gasteiger partial charge in [0.2, 0.25) is 5.82 Å². The molecule has 1 saturated heterocycles. The number of nitrogens with one attached hydrogen (secondary N) is 3. The smallest absolute Gasteiger partial charge is 0.287 e. The van der Waals surface area contributed by atoms with Gasteiger partial charge in [0.15, 0.2) is 6.61 Å². The van der Waals surface area contributed by atoms with Crippen LogP contribution in [0.15, 0.2) is 23.0 Å². The van der Waals surface area contributed by atoms with Gasteiger partial charge >= 0.3 is 0 Å². The number of fused-ring (bicyclic) bond motifs is 4. The second kappa shape index (κ2) is 8.46. The molecule has 1 fully saturated rings. The van der Waals surface area contributed by atoms with Crippen molar-refractivity contribution in [3.63, 3.8) is 0 Å². The summed E-state index contributed by atoms with van der Waals surface area (Å²) < 4.78 is 5.37. The van der Waals surface area contributed by atoms with Gasteiger partial charge in [-0.2, -0.15) is 0 Å². The molecule has 1 aliphatic carbocycles. The molecule has 3 N–H and O–H groups in total. The van der Waals surface area contributed by atoms with Gasteiger partial charge < -0.3 is 25.3 Å². The van der Waals surface area contributed by atoms with Gasteiger partial charge in [-0.1, -0.05) is 6.07 Å². The summed E-state index contributed by atoms with van der Waals surface area (Å²) in [5.41, 5.74) is 2.57. The van der Waals surface area contributed by atoms with E-state index in [4.69, 9.17) is 4.74 Å². The van der Waals surface area contributed by atoms with E-state index in [2.05, 4.69) is 32.5 Å². The van der Waals surface area contributed by atoms with E-state index in [1.807, 2.05) is 6.07 Å². The van der Waals surface area contributed by atoms with Crippen LogP contribution in [0.2, 0.25) is 0 Å². The molecule has 0 saturated carbocycles. The summed E-state index contributed by atoms with van der Waals surface area (Å²) in [5, 5.41) is 6.22. The van der Waals surface area contributed by atoms with E-state index in [1.165, 1.54) is 17.7 Å². The molecule has 3 aliphatic rings. The van der Waals surface area contributed by atoms with Gasteiger partial charge in [-0.25, -0.2) is 4.98 Å². The third kappa shape index (κ3) is 4.10. The molecule has 3 aromatic rings. The number of hydrogen-bond acceptors (Lipinski definition) is 7. The van der Waals surface area contributed by atoms with E-state index in [-0.39, 0.29) is 30.4 Å². The highest BCUT2D eigenvalue weighted by molar-refractivity contribution is 7.18. The Morgan fingerprint density at radius 2 is 2.09 bits per heavy atom. The van der Waals surface area contributed by atoms with Gasteiger partial charge in [0.1, 0.15) is 10.6 Å². The highest BCUT2D eigenvalue weighted by Crippen LogP contribution is 2.46. The number of H-pyrrole nitrogens is 1. The van der Waals surface area contributed by atoms with Crippen LogP contribution >= 0.6 is 11.3 Å². The number of aromatic amines is 1. The van der Waals surface area contributed by atoms with Crippen LogP contribution in [-0.2, 0) is 24.2 Å². The van der Waals surface area contributed by atoms with Crippen molar-refractivity contribution in [2.75, 3.05) is 32.1 Å². The highest BCUT2D eigenvalue weighted by Gasteiger charge is 2.38. The van der Waals surface area contributed by atoms with Gasteiger partial charge in [-0.15, -0.1) is 11.3 Å². The van der Waals surface area contributed by atoms with Crippen LogP contribution in [-0.4, -0.2) is 53.4 Å². The number of benzene rings is 1. The second-order valence-electron chi connectivity index (χ2n) is 9.93. The predicted molar refractivity (Wildman–Crippen MR) is 133 cm³/mol. The molecule has 9 nitrogen and oxygen atoms in total. The lowest BCUT2D eigenvalue weighted by Crippen LogP contribution is -2.41. The average molecular weight is 494 g/mol. The lowest BCUT2D eigenvalue weighted by Gasteiger charge is -2.43. The fraction of sp³-hybridized carbons (Fsp3) is 0.440. The lowest BCUT2D eigenvalue weighted by molar-refractivity contribution is -0.118. The molecule has 0 bridgehead atoms. The molecule has 6 rings (SSSR count). The molecule has 35 heavy (non-hydrogen) atoms. The number of piperidine rings is 1. The number of thiophene rings is 1. The number of nitrogens with zero attached hydrogens (tertiary/aromatic N) is 2. The Hall–Kier alpha value is -3.24. The normalized spacial score (nSPS) is 19.1. The number of aromatic nitrogens is 2. The van der Waals surface area contributed by atoms with E-state index < -0.39 is 5.91 Å². The summed E-state index contributed by atoms with van der Waals surface area (Å²) >= 11 is 1.57. The quantitative estimate of drug-likeness (QED) is 0.516. The van der Waals surface area contributed by atoms with Gasteiger partial charge in [0.25, 0.3) is 17.4 Å². The first kappa shape index (κ1) is 22.2. The fourth-order valence-electron chi connectivity index (χ4n) is 5.47. The second-order valence-corrected chi connectivity index (χ2v) is 11.0. The topological polar surface area (TPSA) is 116 Å². The maximum absolute atomic E-state index is 13.0. The number of carbonyl (C=O) groups is 2. The summed E-state index contributed by atoms with van der Waals surface area (Å²) in [7, 11) is 2.18. The molecule has 182 valence electrons. The third-order valence-corrected chi connectivity index (χ3v) is 8.70. The first-order valence-corrected chi connectivity index (χ1v) is 12.8. The van der Waals surface area contributed by atoms with Crippen LogP contribution in [0.3, 0.4) is 0 Å². The number of carbonyl (C=O) groups excluding carboxylic acids is 2. The molecule has 2 aliphatic heterocycles. The summed E-state index contributed by atoms with van der Waals surface area (Å²) in [6.07, 6.45) is 5.37. The van der Waals surface area contributed by atoms with E-state index in [1.54, 1.807) is 23.5 Å². The van der Waals surface area contributed by atoms with E-state index in [0.717, 1.165) is 43.5 Å². The van der Waals surface area contributed by atoms with Crippen molar-refractivity contribution in [2.45, 2.75) is 38.6 Å². The van der Waals surface area contributed by atoms with Crippen LogP contribution in [0, 0.1) is 5.41 Å². The predicted octanol–water partition coefficient (Wildman–Crippen LogP) is 2.45. The third-order valence-electron chi connectivity index (χ3n) is 7.58.